The van der Waals surface area contributed by atoms with Gasteiger partial charge in [0.2, 0.25) is 11.6 Å². The average molecular weight is 362 g/mol. The number of halogens is 1. The number of fused-ring (bicyclic) bond motifs is 1. The van der Waals surface area contributed by atoms with E-state index in [0.29, 0.717) is 17.4 Å². The third-order valence-electron chi connectivity index (χ3n) is 3.72. The molecule has 3 rings (SSSR count). The molecule has 0 bridgehead atoms. The van der Waals surface area contributed by atoms with Gasteiger partial charge >= 0.3 is 0 Å². The van der Waals surface area contributed by atoms with Gasteiger partial charge in [-0.05, 0) is 46.5 Å². The fourth-order valence-corrected chi connectivity index (χ4v) is 3.20. The number of anilines is 1. The van der Waals surface area contributed by atoms with Crippen molar-refractivity contribution < 1.29 is 9.47 Å². The first-order chi connectivity index (χ1) is 10.4. The van der Waals surface area contributed by atoms with Gasteiger partial charge in [-0.25, -0.2) is 0 Å². The van der Waals surface area contributed by atoms with Crippen LogP contribution < -0.4 is 15.8 Å². The van der Waals surface area contributed by atoms with Crippen LogP contribution >= 0.6 is 15.9 Å². The first-order valence-corrected chi connectivity index (χ1v) is 7.74. The maximum Gasteiger partial charge on any atom is 0.245 e. The van der Waals surface area contributed by atoms with Crippen LogP contribution in [-0.2, 0) is 4.74 Å². The summed E-state index contributed by atoms with van der Waals surface area (Å²) in [5, 5.41) is 12.7. The summed E-state index contributed by atoms with van der Waals surface area (Å²) in [6, 6.07) is 6.14. The van der Waals surface area contributed by atoms with Gasteiger partial charge in [-0.15, -0.1) is 0 Å². The van der Waals surface area contributed by atoms with Crippen LogP contribution in [0.2, 0.25) is 0 Å². The van der Waals surface area contributed by atoms with Crippen LogP contribution in [0.1, 0.15) is 32.3 Å². The zero-order valence-corrected chi connectivity index (χ0v) is 14.1. The number of hydrogen-bond donors (Lipinski definition) is 2. The molecule has 0 radical (unpaired) electrons. The zero-order valence-electron chi connectivity index (χ0n) is 12.5. The van der Waals surface area contributed by atoms with E-state index in [4.69, 9.17) is 15.2 Å². The summed E-state index contributed by atoms with van der Waals surface area (Å²) in [6.45, 7) is 6.01. The van der Waals surface area contributed by atoms with Crippen molar-refractivity contribution in [3.8, 4) is 11.8 Å². The van der Waals surface area contributed by atoms with Crippen LogP contribution in [0.4, 0.5) is 5.69 Å². The molecule has 0 saturated heterocycles. The third-order valence-corrected chi connectivity index (χ3v) is 4.31. The van der Waals surface area contributed by atoms with Crippen molar-refractivity contribution in [2.75, 3.05) is 5.32 Å². The van der Waals surface area contributed by atoms with Crippen LogP contribution in [0.25, 0.3) is 0 Å². The monoisotopic (exact) mass is 361 g/mol. The summed E-state index contributed by atoms with van der Waals surface area (Å²) in [7, 11) is 0. The van der Waals surface area contributed by atoms with Crippen LogP contribution in [0.5, 0.6) is 5.75 Å². The molecule has 1 aromatic rings. The Bertz CT molecular complexity index is 761. The van der Waals surface area contributed by atoms with E-state index in [9.17, 15) is 5.26 Å². The number of nitrogens with zero attached hydrogens (tertiary/aromatic N) is 1. The van der Waals surface area contributed by atoms with E-state index in [1.165, 1.54) is 5.56 Å². The number of allylic oxidation sites excluding steroid dienone is 1. The van der Waals surface area contributed by atoms with Crippen LogP contribution in [-0.4, -0.2) is 5.72 Å². The second-order valence-corrected chi connectivity index (χ2v) is 6.56. The highest BCUT2D eigenvalue weighted by Crippen LogP contribution is 2.48. The second kappa shape index (κ2) is 4.96. The first kappa shape index (κ1) is 14.8. The lowest BCUT2D eigenvalue weighted by atomic mass is 10.0. The quantitative estimate of drug-likeness (QED) is 0.796. The molecule has 2 aliphatic rings. The fraction of sp³-hybridized carbons (Fsp3) is 0.312. The second-order valence-electron chi connectivity index (χ2n) is 5.70. The van der Waals surface area contributed by atoms with Crippen molar-refractivity contribution in [1.82, 2.24) is 0 Å². The molecule has 0 amide bonds. The minimum absolute atomic E-state index is 0.0583. The molecule has 22 heavy (non-hydrogen) atoms. The number of rotatable bonds is 1. The summed E-state index contributed by atoms with van der Waals surface area (Å²) >= 11 is 3.54. The Hall–Kier alpha value is -2.13. The molecule has 2 heterocycles. The van der Waals surface area contributed by atoms with E-state index in [-0.39, 0.29) is 11.5 Å². The molecule has 1 unspecified atom stereocenters. The van der Waals surface area contributed by atoms with Crippen LogP contribution in [0.15, 0.2) is 39.9 Å². The van der Waals surface area contributed by atoms with Gasteiger partial charge in [0.25, 0.3) is 0 Å². The lowest BCUT2D eigenvalue weighted by Gasteiger charge is -2.30. The largest absolute Gasteiger partial charge is 0.456 e. The lowest BCUT2D eigenvalue weighted by Crippen LogP contribution is -2.44. The molecule has 5 nitrogen and oxygen atoms in total. The topological polar surface area (TPSA) is 80.3 Å². The van der Waals surface area contributed by atoms with Gasteiger partial charge in [0.15, 0.2) is 11.3 Å². The highest BCUT2D eigenvalue weighted by molar-refractivity contribution is 9.10. The highest BCUT2D eigenvalue weighted by atomic mass is 79.9. The first-order valence-electron chi connectivity index (χ1n) is 6.94. The van der Waals surface area contributed by atoms with Crippen LogP contribution in [0.3, 0.4) is 0 Å². The van der Waals surface area contributed by atoms with E-state index in [2.05, 4.69) is 41.2 Å². The normalized spacial score (nSPS) is 22.6. The maximum atomic E-state index is 9.44. The van der Waals surface area contributed by atoms with Gasteiger partial charge in [-0.3, -0.25) is 0 Å². The van der Waals surface area contributed by atoms with E-state index < -0.39 is 5.72 Å². The number of hydrogen-bond acceptors (Lipinski definition) is 5. The van der Waals surface area contributed by atoms with E-state index in [1.54, 1.807) is 13.0 Å². The Kier molecular flexibility index (Phi) is 3.33. The summed E-state index contributed by atoms with van der Waals surface area (Å²) in [4.78, 5) is 0. The number of benzene rings is 1. The zero-order chi connectivity index (χ0) is 16.1. The summed E-state index contributed by atoms with van der Waals surface area (Å²) in [5.74, 6) is 1.68. The Balaban J connectivity index is 2.12. The predicted octanol–water partition coefficient (Wildman–Crippen LogP) is 3.70. The molecular weight excluding hydrogens is 346 g/mol. The summed E-state index contributed by atoms with van der Waals surface area (Å²) < 4.78 is 12.2. The molecule has 0 aliphatic carbocycles. The molecule has 1 spiro atoms. The SMILES string of the molecule is CC1=CC2(Nc3cc(C(C)C)cc(Br)c3O2)C(C#N)=C(N)O1. The van der Waals surface area contributed by atoms with Gasteiger partial charge in [0.05, 0.1) is 10.2 Å². The maximum absolute atomic E-state index is 9.44. The lowest BCUT2D eigenvalue weighted by molar-refractivity contribution is 0.174. The predicted molar refractivity (Wildman–Crippen MR) is 86.9 cm³/mol. The number of nitriles is 1. The number of ether oxygens (including phenoxy) is 2. The third kappa shape index (κ3) is 2.13. The van der Waals surface area contributed by atoms with E-state index in [1.807, 2.05) is 12.1 Å². The van der Waals surface area contributed by atoms with Crippen molar-refractivity contribution >= 4 is 21.6 Å². The molecule has 0 aromatic heterocycles. The molecule has 114 valence electrons. The molecule has 1 atom stereocenters. The molecule has 6 heteroatoms. The fourth-order valence-electron chi connectivity index (χ4n) is 2.64. The summed E-state index contributed by atoms with van der Waals surface area (Å²) in [6.07, 6.45) is 1.73. The van der Waals surface area contributed by atoms with Gasteiger partial charge in [-0.1, -0.05) is 13.8 Å². The molecule has 0 saturated carbocycles. The van der Waals surface area contributed by atoms with Gasteiger partial charge in [0, 0.05) is 6.08 Å². The molecule has 3 N–H and O–H groups in total. The Morgan fingerprint density at radius 2 is 2.14 bits per heavy atom. The van der Waals surface area contributed by atoms with E-state index >= 15 is 0 Å². The van der Waals surface area contributed by atoms with Gasteiger partial charge in [-0.2, -0.15) is 5.26 Å². The standard InChI is InChI=1S/C16H16BrN3O2/c1-8(2)10-4-12(17)14-13(5-10)20-16(22-14)6-9(3)21-15(19)11(16)7-18/h4-6,8,20H,19H2,1-3H3. The van der Waals surface area contributed by atoms with Crippen molar-refractivity contribution in [1.29, 1.82) is 5.26 Å². The van der Waals surface area contributed by atoms with Crippen molar-refractivity contribution in [2.45, 2.75) is 32.4 Å². The molecular formula is C16H16BrN3O2. The molecule has 1 aromatic carbocycles. The summed E-state index contributed by atoms with van der Waals surface area (Å²) in [5.41, 5.74) is 6.95. The smallest absolute Gasteiger partial charge is 0.245 e. The Morgan fingerprint density at radius 1 is 1.41 bits per heavy atom. The average Bonchev–Trinajstić information content (AvgIpc) is 2.77. The van der Waals surface area contributed by atoms with Gasteiger partial charge < -0.3 is 20.5 Å². The minimum Gasteiger partial charge on any atom is -0.456 e. The number of nitrogens with one attached hydrogen (secondary N) is 1. The number of nitrogens with two attached hydrogens (primary N) is 1. The van der Waals surface area contributed by atoms with Crippen molar-refractivity contribution in [2.24, 2.45) is 5.73 Å². The van der Waals surface area contributed by atoms with Crippen molar-refractivity contribution in [3.63, 3.8) is 0 Å². The van der Waals surface area contributed by atoms with Gasteiger partial charge in [0.1, 0.15) is 11.8 Å². The Labute approximate surface area is 137 Å². The van der Waals surface area contributed by atoms with E-state index in [0.717, 1.165) is 10.2 Å². The molecule has 0 fully saturated rings. The Morgan fingerprint density at radius 3 is 2.77 bits per heavy atom. The van der Waals surface area contributed by atoms with Crippen molar-refractivity contribution in [3.05, 3.63) is 45.5 Å². The van der Waals surface area contributed by atoms with Crippen LogP contribution in [0, 0.1) is 11.3 Å². The minimum atomic E-state index is -1.11. The highest BCUT2D eigenvalue weighted by Gasteiger charge is 2.46. The molecule has 2 aliphatic heterocycles.